The van der Waals surface area contributed by atoms with Gasteiger partial charge in [0, 0.05) is 23.7 Å². The number of amides is 1. The molecule has 186 valence electrons. The van der Waals surface area contributed by atoms with Crippen molar-refractivity contribution >= 4 is 29.1 Å². The van der Waals surface area contributed by atoms with Crippen LogP contribution >= 0.6 is 23.2 Å². The summed E-state index contributed by atoms with van der Waals surface area (Å²) in [7, 11) is 0. The van der Waals surface area contributed by atoms with Crippen LogP contribution in [0.2, 0.25) is 10.0 Å². The zero-order valence-corrected chi connectivity index (χ0v) is 21.3. The van der Waals surface area contributed by atoms with Crippen LogP contribution in [0.4, 0.5) is 0 Å². The molecule has 0 bridgehead atoms. The highest BCUT2D eigenvalue weighted by atomic mass is 35.5. The number of nitrogens with one attached hydrogen (secondary N) is 1. The van der Waals surface area contributed by atoms with E-state index in [-0.39, 0.29) is 11.8 Å². The van der Waals surface area contributed by atoms with Crippen molar-refractivity contribution in [1.82, 2.24) is 20.4 Å². The van der Waals surface area contributed by atoms with Gasteiger partial charge in [-0.3, -0.25) is 9.69 Å². The van der Waals surface area contributed by atoms with Gasteiger partial charge in [-0.1, -0.05) is 46.6 Å². The Bertz CT molecular complexity index is 1140. The van der Waals surface area contributed by atoms with Crippen molar-refractivity contribution in [3.05, 3.63) is 64.0 Å². The number of para-hydroxylation sites is 1. The van der Waals surface area contributed by atoms with Crippen molar-refractivity contribution in [3.63, 3.8) is 0 Å². The van der Waals surface area contributed by atoms with E-state index in [4.69, 9.17) is 32.5 Å². The minimum Gasteiger partial charge on any atom is -0.494 e. The molecule has 1 aliphatic heterocycles. The summed E-state index contributed by atoms with van der Waals surface area (Å²) >= 11 is 12.2. The smallest absolute Gasteiger partial charge is 0.241 e. The molecule has 1 atom stereocenters. The number of benzene rings is 2. The van der Waals surface area contributed by atoms with Crippen molar-refractivity contribution in [2.24, 2.45) is 5.92 Å². The lowest BCUT2D eigenvalue weighted by Crippen LogP contribution is -2.43. The fraction of sp³-hybridized carbons (Fsp3) is 0.423. The maximum atomic E-state index is 12.8. The van der Waals surface area contributed by atoms with Crippen LogP contribution < -0.4 is 10.1 Å². The molecule has 1 aliphatic rings. The van der Waals surface area contributed by atoms with Crippen LogP contribution in [-0.4, -0.2) is 47.2 Å². The number of aryl methyl sites for hydroxylation is 1. The summed E-state index contributed by atoms with van der Waals surface area (Å²) in [6, 6.07) is 13.2. The molecule has 0 spiro atoms. The number of nitrogens with zero attached hydrogens (tertiary/aromatic N) is 3. The molecule has 1 amide bonds. The first kappa shape index (κ1) is 25.5. The predicted octanol–water partition coefficient (Wildman–Crippen LogP) is 5.40. The highest BCUT2D eigenvalue weighted by Gasteiger charge is 2.27. The van der Waals surface area contributed by atoms with Crippen molar-refractivity contribution < 1.29 is 14.1 Å². The first-order valence-electron chi connectivity index (χ1n) is 12.0. The van der Waals surface area contributed by atoms with Crippen molar-refractivity contribution in [2.45, 2.75) is 39.2 Å². The summed E-state index contributed by atoms with van der Waals surface area (Å²) in [4.78, 5) is 19.5. The third-order valence-electron chi connectivity index (χ3n) is 6.07. The lowest BCUT2D eigenvalue weighted by molar-refractivity contribution is -0.126. The molecule has 1 aromatic heterocycles. The average Bonchev–Trinajstić information content (AvgIpc) is 3.31. The van der Waals surface area contributed by atoms with Crippen molar-refractivity contribution in [1.29, 1.82) is 0 Å². The van der Waals surface area contributed by atoms with Gasteiger partial charge in [-0.25, -0.2) is 0 Å². The number of aromatic nitrogens is 2. The Morgan fingerprint density at radius 2 is 2.11 bits per heavy atom. The zero-order chi connectivity index (χ0) is 24.6. The van der Waals surface area contributed by atoms with Gasteiger partial charge in [0.05, 0.1) is 24.1 Å². The van der Waals surface area contributed by atoms with Crippen LogP contribution in [0.5, 0.6) is 5.75 Å². The Labute approximate surface area is 215 Å². The third kappa shape index (κ3) is 6.97. The highest BCUT2D eigenvalue weighted by molar-refractivity contribution is 6.36. The Morgan fingerprint density at radius 1 is 1.26 bits per heavy atom. The number of likely N-dealkylation sites (tertiary alicyclic amines) is 1. The topological polar surface area (TPSA) is 80.5 Å². The summed E-state index contributed by atoms with van der Waals surface area (Å²) in [5.41, 5.74) is 1.84. The molecular weight excluding hydrogens is 487 g/mol. The standard InChI is InChI=1S/C26H30Cl2N4O3/c1-2-34-23-10-4-3-7-18(23)8-5-13-29-26(33)19-9-6-14-32(16-19)17-24-30-25(31-35-24)21-12-11-20(27)15-22(21)28/h3-4,7,10-12,15,19H,2,5-6,8-9,13-14,16-17H2,1H3,(H,29,33). The molecule has 1 N–H and O–H groups in total. The molecule has 1 fully saturated rings. The number of halogens is 2. The molecule has 0 radical (unpaired) electrons. The Morgan fingerprint density at radius 3 is 2.94 bits per heavy atom. The van der Waals surface area contributed by atoms with E-state index < -0.39 is 0 Å². The van der Waals surface area contributed by atoms with Crippen molar-refractivity contribution in [3.8, 4) is 17.1 Å². The van der Waals surface area contributed by atoms with E-state index >= 15 is 0 Å². The molecule has 3 aromatic rings. The van der Waals surface area contributed by atoms with Crippen LogP contribution in [-0.2, 0) is 17.8 Å². The van der Waals surface area contributed by atoms with Crippen LogP contribution in [0.15, 0.2) is 47.0 Å². The second kappa shape index (κ2) is 12.4. The summed E-state index contributed by atoms with van der Waals surface area (Å²) < 4.78 is 11.1. The first-order chi connectivity index (χ1) is 17.0. The molecule has 2 heterocycles. The van der Waals surface area contributed by atoms with Gasteiger partial charge in [0.2, 0.25) is 17.6 Å². The third-order valence-corrected chi connectivity index (χ3v) is 6.62. The van der Waals surface area contributed by atoms with E-state index in [2.05, 4.69) is 26.4 Å². The number of hydrogen-bond acceptors (Lipinski definition) is 6. The van der Waals surface area contributed by atoms with Gasteiger partial charge in [0.1, 0.15) is 5.75 Å². The zero-order valence-electron chi connectivity index (χ0n) is 19.8. The van der Waals surface area contributed by atoms with Gasteiger partial charge in [-0.2, -0.15) is 4.98 Å². The second-order valence-electron chi connectivity index (χ2n) is 8.65. The monoisotopic (exact) mass is 516 g/mol. The quantitative estimate of drug-likeness (QED) is 0.363. The lowest BCUT2D eigenvalue weighted by atomic mass is 9.97. The molecule has 7 nitrogen and oxygen atoms in total. The van der Waals surface area contributed by atoms with Gasteiger partial charge in [0.15, 0.2) is 0 Å². The Hall–Kier alpha value is -2.61. The number of ether oxygens (including phenoxy) is 1. The molecule has 1 unspecified atom stereocenters. The van der Waals surface area contributed by atoms with E-state index in [1.165, 1.54) is 5.56 Å². The van der Waals surface area contributed by atoms with E-state index in [0.717, 1.165) is 38.0 Å². The second-order valence-corrected chi connectivity index (χ2v) is 9.49. The number of hydrogen-bond donors (Lipinski definition) is 1. The maximum Gasteiger partial charge on any atom is 0.241 e. The molecule has 0 saturated carbocycles. The summed E-state index contributed by atoms with van der Waals surface area (Å²) in [6.07, 6.45) is 3.56. The maximum absolute atomic E-state index is 12.8. The number of piperidine rings is 1. The van der Waals surface area contributed by atoms with E-state index in [1.807, 2.05) is 25.1 Å². The minimum atomic E-state index is -0.0486. The summed E-state index contributed by atoms with van der Waals surface area (Å²) in [5.74, 6) is 1.91. The fourth-order valence-corrected chi connectivity index (χ4v) is 4.84. The van der Waals surface area contributed by atoms with Crippen LogP contribution in [0.3, 0.4) is 0 Å². The minimum absolute atomic E-state index is 0.0486. The van der Waals surface area contributed by atoms with Crippen LogP contribution in [0.1, 0.15) is 37.6 Å². The SMILES string of the molecule is CCOc1ccccc1CCCNC(=O)C1CCCN(Cc2nc(-c3ccc(Cl)cc3Cl)no2)C1. The van der Waals surface area contributed by atoms with E-state index in [0.29, 0.717) is 53.6 Å². The fourth-order valence-electron chi connectivity index (χ4n) is 4.35. The Balaban J connectivity index is 1.25. The van der Waals surface area contributed by atoms with E-state index in [9.17, 15) is 4.79 Å². The normalized spacial score (nSPS) is 16.3. The molecule has 2 aromatic carbocycles. The molecule has 0 aliphatic carbocycles. The largest absolute Gasteiger partial charge is 0.494 e. The number of rotatable bonds is 10. The average molecular weight is 517 g/mol. The molecule has 35 heavy (non-hydrogen) atoms. The number of carbonyl (C=O) groups excluding carboxylic acids is 1. The number of carbonyl (C=O) groups is 1. The predicted molar refractivity (Wildman–Crippen MR) is 137 cm³/mol. The van der Waals surface area contributed by atoms with E-state index in [1.54, 1.807) is 18.2 Å². The molecule has 4 rings (SSSR count). The highest BCUT2D eigenvalue weighted by Crippen LogP contribution is 2.29. The first-order valence-corrected chi connectivity index (χ1v) is 12.8. The van der Waals surface area contributed by atoms with Gasteiger partial charge >= 0.3 is 0 Å². The van der Waals surface area contributed by atoms with Gasteiger partial charge in [-0.05, 0) is 69.0 Å². The lowest BCUT2D eigenvalue weighted by Gasteiger charge is -2.30. The summed E-state index contributed by atoms with van der Waals surface area (Å²) in [6.45, 7) is 5.32. The Kier molecular flexibility index (Phi) is 9.01. The molecule has 9 heteroatoms. The van der Waals surface area contributed by atoms with Crippen LogP contribution in [0.25, 0.3) is 11.4 Å². The van der Waals surface area contributed by atoms with Crippen LogP contribution in [0, 0.1) is 5.92 Å². The van der Waals surface area contributed by atoms with Crippen molar-refractivity contribution in [2.75, 3.05) is 26.2 Å². The van der Waals surface area contributed by atoms with Gasteiger partial charge in [0.25, 0.3) is 0 Å². The molecular formula is C26H30Cl2N4O3. The van der Waals surface area contributed by atoms with Gasteiger partial charge < -0.3 is 14.6 Å². The van der Waals surface area contributed by atoms with Gasteiger partial charge in [-0.15, -0.1) is 0 Å². The molecule has 1 saturated heterocycles. The summed E-state index contributed by atoms with van der Waals surface area (Å²) in [5, 5.41) is 8.20.